The highest BCUT2D eigenvalue weighted by molar-refractivity contribution is 5.49. The number of ether oxygens (including phenoxy) is 1. The molecule has 4 nitrogen and oxygen atoms in total. The second kappa shape index (κ2) is 6.32. The first kappa shape index (κ1) is 14.2. The summed E-state index contributed by atoms with van der Waals surface area (Å²) in [5, 5.41) is 3.18. The Hall–Kier alpha value is -2.17. The van der Waals surface area contributed by atoms with Crippen LogP contribution in [0.1, 0.15) is 25.2 Å². The summed E-state index contributed by atoms with van der Waals surface area (Å²) < 4.78 is 18.9. The molecule has 0 spiro atoms. The Morgan fingerprint density at radius 1 is 1.25 bits per heavy atom. The second-order valence-corrected chi connectivity index (χ2v) is 4.36. The van der Waals surface area contributed by atoms with Gasteiger partial charge in [-0.15, -0.1) is 0 Å². The maximum atomic E-state index is 13.2. The Bertz CT molecular complexity index is 602. The average molecular weight is 275 g/mol. The van der Waals surface area contributed by atoms with Crippen LogP contribution in [0.25, 0.3) is 0 Å². The number of nitrogens with one attached hydrogen (secondary N) is 1. The smallest absolute Gasteiger partial charge is 0.227 e. The van der Waals surface area contributed by atoms with Crippen LogP contribution in [0.4, 0.5) is 10.2 Å². The molecule has 0 aliphatic heterocycles. The van der Waals surface area contributed by atoms with Crippen molar-refractivity contribution in [3.8, 4) is 11.6 Å². The van der Waals surface area contributed by atoms with Crippen molar-refractivity contribution in [2.45, 2.75) is 27.2 Å². The maximum absolute atomic E-state index is 13.2. The zero-order chi connectivity index (χ0) is 14.5. The highest BCUT2D eigenvalue weighted by Crippen LogP contribution is 2.27. The molecule has 0 aliphatic carbocycles. The minimum Gasteiger partial charge on any atom is -0.438 e. The van der Waals surface area contributed by atoms with E-state index in [0.717, 1.165) is 17.9 Å². The molecule has 106 valence electrons. The van der Waals surface area contributed by atoms with Gasteiger partial charge in [0.25, 0.3) is 0 Å². The van der Waals surface area contributed by atoms with Crippen LogP contribution >= 0.6 is 0 Å². The van der Waals surface area contributed by atoms with Gasteiger partial charge >= 0.3 is 0 Å². The van der Waals surface area contributed by atoms with E-state index in [0.29, 0.717) is 23.9 Å². The predicted octanol–water partition coefficient (Wildman–Crippen LogP) is 3.71. The molecule has 1 aromatic carbocycles. The van der Waals surface area contributed by atoms with Crippen LogP contribution in [-0.4, -0.2) is 16.5 Å². The van der Waals surface area contributed by atoms with Gasteiger partial charge in [-0.25, -0.2) is 9.37 Å². The van der Waals surface area contributed by atoms with E-state index in [2.05, 4.69) is 15.3 Å². The summed E-state index contributed by atoms with van der Waals surface area (Å²) in [4.78, 5) is 8.79. The number of aryl methyl sites for hydroxylation is 1. The molecule has 20 heavy (non-hydrogen) atoms. The van der Waals surface area contributed by atoms with Gasteiger partial charge in [0.1, 0.15) is 23.2 Å². The molecule has 5 heteroatoms. The van der Waals surface area contributed by atoms with E-state index < -0.39 is 0 Å². The van der Waals surface area contributed by atoms with Crippen LogP contribution in [0, 0.1) is 12.7 Å². The average Bonchev–Trinajstić information content (AvgIpc) is 2.43. The molecule has 1 N–H and O–H groups in total. The molecule has 0 unspecified atom stereocenters. The molecular weight excluding hydrogens is 257 g/mol. The topological polar surface area (TPSA) is 47.0 Å². The third kappa shape index (κ3) is 3.23. The van der Waals surface area contributed by atoms with Crippen molar-refractivity contribution in [1.29, 1.82) is 0 Å². The number of hydrogen-bond donors (Lipinski definition) is 1. The van der Waals surface area contributed by atoms with Crippen LogP contribution in [0.15, 0.2) is 24.3 Å². The number of halogens is 1. The van der Waals surface area contributed by atoms with Gasteiger partial charge in [0, 0.05) is 19.0 Å². The molecule has 0 aliphatic rings. The zero-order valence-electron chi connectivity index (χ0n) is 11.9. The minimum atomic E-state index is -0.336. The first-order chi connectivity index (χ1) is 9.63. The predicted molar refractivity (Wildman–Crippen MR) is 76.8 cm³/mol. The maximum Gasteiger partial charge on any atom is 0.227 e. The molecule has 0 saturated heterocycles. The number of rotatable bonds is 5. The van der Waals surface area contributed by atoms with Crippen molar-refractivity contribution in [2.75, 3.05) is 11.9 Å². The summed E-state index contributed by atoms with van der Waals surface area (Å²) in [5.74, 6) is 2.00. The van der Waals surface area contributed by atoms with Crippen molar-refractivity contribution in [3.63, 3.8) is 0 Å². The van der Waals surface area contributed by atoms with Gasteiger partial charge in [-0.1, -0.05) is 13.0 Å². The molecule has 1 aromatic heterocycles. The lowest BCUT2D eigenvalue weighted by Gasteiger charge is -2.13. The molecule has 0 bridgehead atoms. The van der Waals surface area contributed by atoms with Gasteiger partial charge in [-0.2, -0.15) is 4.98 Å². The van der Waals surface area contributed by atoms with Crippen LogP contribution in [0.3, 0.4) is 0 Å². The molecule has 0 amide bonds. The fraction of sp³-hybridized carbons (Fsp3) is 0.333. The Labute approximate surface area is 118 Å². The molecule has 2 rings (SSSR count). The van der Waals surface area contributed by atoms with E-state index in [-0.39, 0.29) is 5.82 Å². The van der Waals surface area contributed by atoms with Gasteiger partial charge in [0.15, 0.2) is 0 Å². The SMILES string of the molecule is CCNc1nc(CC)nc(Oc2cccc(F)c2)c1C. The summed E-state index contributed by atoms with van der Waals surface area (Å²) in [6.45, 7) is 6.62. The van der Waals surface area contributed by atoms with Crippen molar-refractivity contribution >= 4 is 5.82 Å². The van der Waals surface area contributed by atoms with E-state index in [1.807, 2.05) is 20.8 Å². The molecular formula is C15H18FN3O. The van der Waals surface area contributed by atoms with E-state index in [1.54, 1.807) is 12.1 Å². The van der Waals surface area contributed by atoms with E-state index in [9.17, 15) is 4.39 Å². The van der Waals surface area contributed by atoms with Gasteiger partial charge in [-0.3, -0.25) is 0 Å². The van der Waals surface area contributed by atoms with E-state index in [1.165, 1.54) is 12.1 Å². The third-order valence-electron chi connectivity index (χ3n) is 2.82. The minimum absolute atomic E-state index is 0.336. The van der Waals surface area contributed by atoms with Crippen molar-refractivity contribution in [2.24, 2.45) is 0 Å². The fourth-order valence-electron chi connectivity index (χ4n) is 1.78. The van der Waals surface area contributed by atoms with Crippen LogP contribution in [0.2, 0.25) is 0 Å². The van der Waals surface area contributed by atoms with Crippen LogP contribution < -0.4 is 10.1 Å². The third-order valence-corrected chi connectivity index (χ3v) is 2.82. The van der Waals surface area contributed by atoms with Gasteiger partial charge < -0.3 is 10.1 Å². The molecule has 0 fully saturated rings. The Kier molecular flexibility index (Phi) is 4.50. The molecule has 0 atom stereocenters. The van der Waals surface area contributed by atoms with Gasteiger partial charge in [-0.05, 0) is 26.0 Å². The summed E-state index contributed by atoms with van der Waals surface area (Å²) >= 11 is 0. The lowest BCUT2D eigenvalue weighted by molar-refractivity contribution is 0.450. The van der Waals surface area contributed by atoms with Gasteiger partial charge in [0.2, 0.25) is 5.88 Å². The highest BCUT2D eigenvalue weighted by Gasteiger charge is 2.12. The number of benzene rings is 1. The lowest BCUT2D eigenvalue weighted by Crippen LogP contribution is -2.07. The largest absolute Gasteiger partial charge is 0.438 e. The number of aromatic nitrogens is 2. The Morgan fingerprint density at radius 2 is 2.05 bits per heavy atom. The molecule has 0 saturated carbocycles. The quantitative estimate of drug-likeness (QED) is 0.903. The molecule has 0 radical (unpaired) electrons. The van der Waals surface area contributed by atoms with Crippen molar-refractivity contribution in [3.05, 3.63) is 41.5 Å². The summed E-state index contributed by atoms with van der Waals surface area (Å²) in [6.07, 6.45) is 0.707. The van der Waals surface area contributed by atoms with Crippen molar-refractivity contribution in [1.82, 2.24) is 9.97 Å². The monoisotopic (exact) mass is 275 g/mol. The fourth-order valence-corrected chi connectivity index (χ4v) is 1.78. The first-order valence-electron chi connectivity index (χ1n) is 6.68. The van der Waals surface area contributed by atoms with Gasteiger partial charge in [0.05, 0.1) is 5.56 Å². The first-order valence-corrected chi connectivity index (χ1v) is 6.68. The van der Waals surface area contributed by atoms with Crippen LogP contribution in [-0.2, 0) is 6.42 Å². The zero-order valence-corrected chi connectivity index (χ0v) is 11.9. The number of anilines is 1. The normalized spacial score (nSPS) is 10.4. The Balaban J connectivity index is 2.37. The summed E-state index contributed by atoms with van der Waals surface area (Å²) in [7, 11) is 0. The Morgan fingerprint density at radius 3 is 2.70 bits per heavy atom. The number of nitrogens with zero attached hydrogens (tertiary/aromatic N) is 2. The van der Waals surface area contributed by atoms with E-state index in [4.69, 9.17) is 4.74 Å². The standard InChI is InChI=1S/C15H18FN3O/c1-4-13-18-14(17-5-2)10(3)15(19-13)20-12-8-6-7-11(16)9-12/h6-9H,4-5H2,1-3H3,(H,17,18,19). The molecule has 2 aromatic rings. The summed E-state index contributed by atoms with van der Waals surface area (Å²) in [5.41, 5.74) is 0.813. The number of hydrogen-bond acceptors (Lipinski definition) is 4. The van der Waals surface area contributed by atoms with E-state index >= 15 is 0 Å². The summed E-state index contributed by atoms with van der Waals surface area (Å²) in [6, 6.07) is 6.01. The van der Waals surface area contributed by atoms with Crippen LogP contribution in [0.5, 0.6) is 11.6 Å². The van der Waals surface area contributed by atoms with Crippen molar-refractivity contribution < 1.29 is 9.13 Å². The lowest BCUT2D eigenvalue weighted by atomic mass is 10.3. The molecule has 1 heterocycles. The highest BCUT2D eigenvalue weighted by atomic mass is 19.1. The second-order valence-electron chi connectivity index (χ2n) is 4.36.